The van der Waals surface area contributed by atoms with Crippen LogP contribution in [0.4, 0.5) is 0 Å². The fourth-order valence-corrected chi connectivity index (χ4v) is 2.13. The molecular formula is C17H18N2O3. The molecule has 0 aliphatic carbocycles. The van der Waals surface area contributed by atoms with Crippen molar-refractivity contribution in [2.24, 2.45) is 0 Å². The number of carboxylic acids is 1. The maximum absolute atomic E-state index is 12.6. The van der Waals surface area contributed by atoms with E-state index in [1.165, 1.54) is 4.90 Å². The van der Waals surface area contributed by atoms with E-state index in [0.29, 0.717) is 12.1 Å². The van der Waals surface area contributed by atoms with Gasteiger partial charge in [0.25, 0.3) is 5.91 Å². The van der Waals surface area contributed by atoms with Crippen molar-refractivity contribution in [2.75, 3.05) is 6.54 Å². The first kappa shape index (κ1) is 15.7. The van der Waals surface area contributed by atoms with Crippen LogP contribution in [0.2, 0.25) is 0 Å². The molecular weight excluding hydrogens is 280 g/mol. The first-order chi connectivity index (χ1) is 10.6. The number of carboxylic acid groups (broad SMARTS) is 1. The number of benzene rings is 1. The van der Waals surface area contributed by atoms with E-state index in [4.69, 9.17) is 5.11 Å². The Kier molecular flexibility index (Phi) is 5.25. The number of hydrogen-bond donors (Lipinski definition) is 1. The van der Waals surface area contributed by atoms with Crippen molar-refractivity contribution in [3.63, 3.8) is 0 Å². The minimum atomic E-state index is -0.928. The van der Waals surface area contributed by atoms with Crippen molar-refractivity contribution in [1.29, 1.82) is 0 Å². The lowest BCUT2D eigenvalue weighted by atomic mass is 10.1. The highest BCUT2D eigenvalue weighted by Crippen LogP contribution is 2.11. The smallest absolute Gasteiger partial charge is 0.305 e. The van der Waals surface area contributed by atoms with Crippen LogP contribution in [0.1, 0.15) is 28.0 Å². The second-order valence-electron chi connectivity index (χ2n) is 5.06. The van der Waals surface area contributed by atoms with Gasteiger partial charge in [-0.2, -0.15) is 0 Å². The largest absolute Gasteiger partial charge is 0.481 e. The molecule has 0 atom stereocenters. The Bertz CT molecular complexity index is 656. The fourth-order valence-electron chi connectivity index (χ4n) is 2.13. The van der Waals surface area contributed by atoms with Crippen LogP contribution >= 0.6 is 0 Å². The van der Waals surface area contributed by atoms with Gasteiger partial charge in [-0.1, -0.05) is 23.8 Å². The molecule has 1 amide bonds. The number of aromatic nitrogens is 1. The SMILES string of the molecule is Cc1cccc(C(=O)N(CCC(=O)O)Cc2ccccn2)c1. The molecule has 1 aromatic carbocycles. The number of nitrogens with zero attached hydrogens (tertiary/aromatic N) is 2. The van der Waals surface area contributed by atoms with Gasteiger partial charge < -0.3 is 10.0 Å². The molecule has 22 heavy (non-hydrogen) atoms. The van der Waals surface area contributed by atoms with Crippen LogP contribution in [0.25, 0.3) is 0 Å². The molecule has 0 unspecified atom stereocenters. The van der Waals surface area contributed by atoms with E-state index in [0.717, 1.165) is 11.3 Å². The average Bonchev–Trinajstić information content (AvgIpc) is 2.51. The van der Waals surface area contributed by atoms with Crippen LogP contribution in [0.3, 0.4) is 0 Å². The number of pyridine rings is 1. The Morgan fingerprint density at radius 3 is 2.64 bits per heavy atom. The molecule has 1 aromatic heterocycles. The van der Waals surface area contributed by atoms with E-state index in [2.05, 4.69) is 4.98 Å². The number of carbonyl (C=O) groups excluding carboxylic acids is 1. The normalized spacial score (nSPS) is 10.2. The van der Waals surface area contributed by atoms with Crippen LogP contribution in [0.15, 0.2) is 48.7 Å². The zero-order chi connectivity index (χ0) is 15.9. The summed E-state index contributed by atoms with van der Waals surface area (Å²) in [7, 11) is 0. The molecule has 0 radical (unpaired) electrons. The molecule has 114 valence electrons. The summed E-state index contributed by atoms with van der Waals surface area (Å²) in [6, 6.07) is 12.7. The lowest BCUT2D eigenvalue weighted by Crippen LogP contribution is -2.33. The number of aliphatic carboxylic acids is 1. The van der Waals surface area contributed by atoms with Gasteiger partial charge in [0.15, 0.2) is 0 Å². The Balaban J connectivity index is 2.19. The first-order valence-electron chi connectivity index (χ1n) is 7.04. The molecule has 1 N–H and O–H groups in total. The third kappa shape index (κ3) is 4.41. The Morgan fingerprint density at radius 2 is 2.00 bits per heavy atom. The highest BCUT2D eigenvalue weighted by Gasteiger charge is 2.17. The molecule has 0 fully saturated rings. The van der Waals surface area contributed by atoms with E-state index < -0.39 is 5.97 Å². The van der Waals surface area contributed by atoms with E-state index in [1.807, 2.05) is 31.2 Å². The summed E-state index contributed by atoms with van der Waals surface area (Å²) >= 11 is 0. The Hall–Kier alpha value is -2.69. The summed E-state index contributed by atoms with van der Waals surface area (Å²) < 4.78 is 0. The van der Waals surface area contributed by atoms with E-state index in [9.17, 15) is 9.59 Å². The molecule has 0 bridgehead atoms. The van der Waals surface area contributed by atoms with Gasteiger partial charge in [0.05, 0.1) is 18.7 Å². The number of rotatable bonds is 6. The van der Waals surface area contributed by atoms with Gasteiger partial charge in [0.1, 0.15) is 0 Å². The monoisotopic (exact) mass is 298 g/mol. The van der Waals surface area contributed by atoms with Crippen LogP contribution in [-0.4, -0.2) is 33.4 Å². The third-order valence-electron chi connectivity index (χ3n) is 3.23. The quantitative estimate of drug-likeness (QED) is 0.889. The molecule has 2 rings (SSSR count). The highest BCUT2D eigenvalue weighted by molar-refractivity contribution is 5.94. The minimum absolute atomic E-state index is 0.0929. The highest BCUT2D eigenvalue weighted by atomic mass is 16.4. The van der Waals surface area contributed by atoms with Gasteiger partial charge in [-0.15, -0.1) is 0 Å². The second kappa shape index (κ2) is 7.36. The van der Waals surface area contributed by atoms with Crippen LogP contribution < -0.4 is 0 Å². The number of amides is 1. The summed E-state index contributed by atoms with van der Waals surface area (Å²) in [5.74, 6) is -1.11. The van der Waals surface area contributed by atoms with Crippen molar-refractivity contribution < 1.29 is 14.7 Å². The third-order valence-corrected chi connectivity index (χ3v) is 3.23. The molecule has 0 spiro atoms. The van der Waals surface area contributed by atoms with Crippen LogP contribution in [0.5, 0.6) is 0 Å². The van der Waals surface area contributed by atoms with Gasteiger partial charge in [0.2, 0.25) is 0 Å². The summed E-state index contributed by atoms with van der Waals surface area (Å²) in [4.78, 5) is 29.2. The van der Waals surface area contributed by atoms with E-state index >= 15 is 0 Å². The molecule has 0 saturated carbocycles. The molecule has 0 aliphatic rings. The van der Waals surface area contributed by atoms with Gasteiger partial charge in [0, 0.05) is 18.3 Å². The second-order valence-corrected chi connectivity index (χ2v) is 5.06. The van der Waals surface area contributed by atoms with Crippen molar-refractivity contribution in [3.05, 3.63) is 65.5 Å². The maximum atomic E-state index is 12.6. The number of aryl methyl sites for hydroxylation is 1. The molecule has 2 aromatic rings. The average molecular weight is 298 g/mol. The fraction of sp³-hybridized carbons (Fsp3) is 0.235. The van der Waals surface area contributed by atoms with Crippen LogP contribution in [-0.2, 0) is 11.3 Å². The molecule has 0 saturated heterocycles. The lowest BCUT2D eigenvalue weighted by molar-refractivity contribution is -0.137. The van der Waals surface area contributed by atoms with Crippen molar-refractivity contribution in [1.82, 2.24) is 9.88 Å². The van der Waals surface area contributed by atoms with Crippen molar-refractivity contribution in [2.45, 2.75) is 19.9 Å². The minimum Gasteiger partial charge on any atom is -0.481 e. The molecule has 5 nitrogen and oxygen atoms in total. The topological polar surface area (TPSA) is 70.5 Å². The Labute approximate surface area is 129 Å². The zero-order valence-electron chi connectivity index (χ0n) is 12.4. The van der Waals surface area contributed by atoms with Gasteiger partial charge in [-0.05, 0) is 31.2 Å². The van der Waals surface area contributed by atoms with E-state index in [1.54, 1.807) is 24.4 Å². The Morgan fingerprint density at radius 1 is 1.18 bits per heavy atom. The van der Waals surface area contributed by atoms with Crippen molar-refractivity contribution >= 4 is 11.9 Å². The van der Waals surface area contributed by atoms with E-state index in [-0.39, 0.29) is 18.9 Å². The summed E-state index contributed by atoms with van der Waals surface area (Å²) in [5, 5.41) is 8.87. The standard InChI is InChI=1S/C17H18N2O3/c1-13-5-4-6-14(11-13)17(22)19(10-8-16(20)21)12-15-7-2-3-9-18-15/h2-7,9,11H,8,10,12H2,1H3,(H,20,21). The summed E-state index contributed by atoms with van der Waals surface area (Å²) in [6.45, 7) is 2.36. The number of carbonyl (C=O) groups is 2. The van der Waals surface area contributed by atoms with Gasteiger partial charge in [-0.3, -0.25) is 14.6 Å². The van der Waals surface area contributed by atoms with Crippen molar-refractivity contribution in [3.8, 4) is 0 Å². The molecule has 1 heterocycles. The molecule has 0 aliphatic heterocycles. The van der Waals surface area contributed by atoms with Gasteiger partial charge >= 0.3 is 5.97 Å². The van der Waals surface area contributed by atoms with Gasteiger partial charge in [-0.25, -0.2) is 0 Å². The lowest BCUT2D eigenvalue weighted by Gasteiger charge is -2.22. The summed E-state index contributed by atoms with van der Waals surface area (Å²) in [5.41, 5.74) is 2.28. The number of hydrogen-bond acceptors (Lipinski definition) is 3. The zero-order valence-corrected chi connectivity index (χ0v) is 12.4. The summed E-state index contributed by atoms with van der Waals surface area (Å²) in [6.07, 6.45) is 1.56. The van der Waals surface area contributed by atoms with Crippen LogP contribution in [0, 0.1) is 6.92 Å². The predicted octanol–water partition coefficient (Wildman–Crippen LogP) is 2.51. The predicted molar refractivity (Wildman–Crippen MR) is 82.4 cm³/mol. The molecule has 5 heteroatoms. The first-order valence-corrected chi connectivity index (χ1v) is 7.04. The maximum Gasteiger partial charge on any atom is 0.305 e.